The highest BCUT2D eigenvalue weighted by Crippen LogP contribution is 2.18. The van der Waals surface area contributed by atoms with E-state index in [0.29, 0.717) is 12.1 Å². The van der Waals surface area contributed by atoms with Crippen molar-refractivity contribution >= 4 is 6.03 Å². The Morgan fingerprint density at radius 1 is 1.13 bits per heavy atom. The van der Waals surface area contributed by atoms with Crippen LogP contribution in [-0.2, 0) is 13.1 Å². The van der Waals surface area contributed by atoms with Crippen LogP contribution in [0, 0.1) is 11.6 Å². The van der Waals surface area contributed by atoms with Crippen molar-refractivity contribution in [3.63, 3.8) is 0 Å². The van der Waals surface area contributed by atoms with E-state index in [1.165, 1.54) is 36.3 Å². The average molecular weight is 320 g/mol. The van der Waals surface area contributed by atoms with Gasteiger partial charge in [0.2, 0.25) is 0 Å². The van der Waals surface area contributed by atoms with Crippen molar-refractivity contribution < 1.29 is 18.3 Å². The Morgan fingerprint density at radius 3 is 2.39 bits per heavy atom. The summed E-state index contributed by atoms with van der Waals surface area (Å²) in [6, 6.07) is 10.1. The molecule has 4 nitrogen and oxygen atoms in total. The minimum atomic E-state index is -0.467. The maximum atomic E-state index is 13.6. The SMILES string of the molecule is COc1ccc(CN(C)C(=O)NCc2ccc(F)cc2)cc1F. The van der Waals surface area contributed by atoms with Crippen LogP contribution in [0.15, 0.2) is 42.5 Å². The summed E-state index contributed by atoms with van der Waals surface area (Å²) in [5, 5.41) is 2.72. The van der Waals surface area contributed by atoms with Gasteiger partial charge >= 0.3 is 6.03 Å². The number of carbonyl (C=O) groups is 1. The molecule has 0 unspecified atom stereocenters. The zero-order valence-electron chi connectivity index (χ0n) is 13.0. The molecule has 2 rings (SSSR count). The zero-order valence-corrected chi connectivity index (χ0v) is 13.0. The number of amides is 2. The number of halogens is 2. The lowest BCUT2D eigenvalue weighted by molar-refractivity contribution is 0.206. The number of nitrogens with zero attached hydrogens (tertiary/aromatic N) is 1. The predicted molar refractivity (Wildman–Crippen MR) is 83.1 cm³/mol. The van der Waals surface area contributed by atoms with Crippen molar-refractivity contribution in [2.45, 2.75) is 13.1 Å². The fraction of sp³-hybridized carbons (Fsp3) is 0.235. The van der Waals surface area contributed by atoms with Gasteiger partial charge in [0.15, 0.2) is 11.6 Å². The number of nitrogens with one attached hydrogen (secondary N) is 1. The Labute approximate surface area is 133 Å². The van der Waals surface area contributed by atoms with Gasteiger partial charge in [0.25, 0.3) is 0 Å². The highest BCUT2D eigenvalue weighted by atomic mass is 19.1. The number of methoxy groups -OCH3 is 1. The fourth-order valence-electron chi connectivity index (χ4n) is 2.07. The van der Waals surface area contributed by atoms with Crippen molar-refractivity contribution in [2.75, 3.05) is 14.2 Å². The number of hydrogen-bond donors (Lipinski definition) is 1. The van der Waals surface area contributed by atoms with E-state index in [0.717, 1.165) is 5.56 Å². The van der Waals surface area contributed by atoms with E-state index in [4.69, 9.17) is 4.74 Å². The lowest BCUT2D eigenvalue weighted by atomic mass is 10.2. The van der Waals surface area contributed by atoms with Gasteiger partial charge in [-0.25, -0.2) is 13.6 Å². The summed E-state index contributed by atoms with van der Waals surface area (Å²) in [7, 11) is 3.01. The molecule has 2 aromatic carbocycles. The molecule has 23 heavy (non-hydrogen) atoms. The van der Waals surface area contributed by atoms with E-state index in [9.17, 15) is 13.6 Å². The molecule has 0 aliphatic heterocycles. The average Bonchev–Trinajstić information content (AvgIpc) is 2.54. The normalized spacial score (nSPS) is 10.3. The third kappa shape index (κ3) is 4.67. The number of ether oxygens (including phenoxy) is 1. The van der Waals surface area contributed by atoms with Gasteiger partial charge < -0.3 is 15.0 Å². The summed E-state index contributed by atoms with van der Waals surface area (Å²) >= 11 is 0. The van der Waals surface area contributed by atoms with E-state index in [1.807, 2.05) is 0 Å². The molecular weight excluding hydrogens is 302 g/mol. The van der Waals surface area contributed by atoms with Crippen LogP contribution in [-0.4, -0.2) is 25.1 Å². The number of urea groups is 1. The molecule has 0 aliphatic rings. The largest absolute Gasteiger partial charge is 0.494 e. The second-order valence-electron chi connectivity index (χ2n) is 5.11. The summed E-state index contributed by atoms with van der Waals surface area (Å²) in [5.41, 5.74) is 1.45. The quantitative estimate of drug-likeness (QED) is 0.918. The molecule has 0 aliphatic carbocycles. The smallest absolute Gasteiger partial charge is 0.317 e. The predicted octanol–water partition coefficient (Wildman–Crippen LogP) is 3.32. The van der Waals surface area contributed by atoms with Crippen LogP contribution in [0.5, 0.6) is 5.75 Å². The maximum absolute atomic E-state index is 13.6. The van der Waals surface area contributed by atoms with E-state index < -0.39 is 5.82 Å². The van der Waals surface area contributed by atoms with E-state index in [1.54, 1.807) is 25.2 Å². The zero-order chi connectivity index (χ0) is 16.8. The van der Waals surface area contributed by atoms with Crippen molar-refractivity contribution in [3.8, 4) is 5.75 Å². The molecule has 0 radical (unpaired) electrons. The van der Waals surface area contributed by atoms with Gasteiger partial charge in [-0.05, 0) is 35.4 Å². The van der Waals surface area contributed by atoms with Crippen molar-refractivity contribution in [2.24, 2.45) is 0 Å². The first-order valence-corrected chi connectivity index (χ1v) is 7.05. The van der Waals surface area contributed by atoms with Gasteiger partial charge in [-0.15, -0.1) is 0 Å². The monoisotopic (exact) mass is 320 g/mol. The van der Waals surface area contributed by atoms with Crippen LogP contribution in [0.2, 0.25) is 0 Å². The molecule has 122 valence electrons. The minimum Gasteiger partial charge on any atom is -0.494 e. The number of rotatable bonds is 5. The molecule has 0 atom stereocenters. The van der Waals surface area contributed by atoms with Crippen LogP contribution in [0.1, 0.15) is 11.1 Å². The topological polar surface area (TPSA) is 41.6 Å². The Hall–Kier alpha value is -2.63. The van der Waals surface area contributed by atoms with Crippen molar-refractivity contribution in [1.82, 2.24) is 10.2 Å². The number of hydrogen-bond acceptors (Lipinski definition) is 2. The first-order valence-electron chi connectivity index (χ1n) is 7.05. The van der Waals surface area contributed by atoms with Gasteiger partial charge in [-0.2, -0.15) is 0 Å². The summed E-state index contributed by atoms with van der Waals surface area (Å²) < 4.78 is 31.3. The van der Waals surface area contributed by atoms with Gasteiger partial charge in [-0.3, -0.25) is 0 Å². The molecule has 0 heterocycles. The van der Waals surface area contributed by atoms with E-state index in [-0.39, 0.29) is 24.1 Å². The Morgan fingerprint density at radius 2 is 1.78 bits per heavy atom. The van der Waals surface area contributed by atoms with Gasteiger partial charge in [0.05, 0.1) is 7.11 Å². The molecular formula is C17H18F2N2O2. The molecule has 0 saturated heterocycles. The summed E-state index contributed by atoms with van der Waals surface area (Å²) in [6.45, 7) is 0.552. The second-order valence-corrected chi connectivity index (χ2v) is 5.11. The highest BCUT2D eigenvalue weighted by Gasteiger charge is 2.10. The Bertz CT molecular complexity index is 675. The standard InChI is InChI=1S/C17H18F2N2O2/c1-21(11-13-5-8-16(23-2)15(19)9-13)17(22)20-10-12-3-6-14(18)7-4-12/h3-9H,10-11H2,1-2H3,(H,20,22). The number of carbonyl (C=O) groups excluding carboxylic acids is 1. The second kappa shape index (κ2) is 7.58. The summed E-state index contributed by atoms with van der Waals surface area (Å²) in [4.78, 5) is 13.5. The lowest BCUT2D eigenvalue weighted by Gasteiger charge is -2.18. The van der Waals surface area contributed by atoms with Crippen LogP contribution < -0.4 is 10.1 Å². The minimum absolute atomic E-state index is 0.164. The summed E-state index contributed by atoms with van der Waals surface area (Å²) in [6.07, 6.45) is 0. The van der Waals surface area contributed by atoms with Crippen LogP contribution in [0.25, 0.3) is 0 Å². The molecule has 2 amide bonds. The van der Waals surface area contributed by atoms with Crippen LogP contribution in [0.4, 0.5) is 13.6 Å². The Balaban J connectivity index is 1.89. The van der Waals surface area contributed by atoms with Crippen molar-refractivity contribution in [3.05, 3.63) is 65.2 Å². The number of benzene rings is 2. The van der Waals surface area contributed by atoms with Crippen LogP contribution in [0.3, 0.4) is 0 Å². The fourth-order valence-corrected chi connectivity index (χ4v) is 2.07. The van der Waals surface area contributed by atoms with Gasteiger partial charge in [0, 0.05) is 20.1 Å². The molecule has 0 saturated carbocycles. The highest BCUT2D eigenvalue weighted by molar-refractivity contribution is 5.73. The summed E-state index contributed by atoms with van der Waals surface area (Å²) in [5.74, 6) is -0.624. The van der Waals surface area contributed by atoms with E-state index >= 15 is 0 Å². The van der Waals surface area contributed by atoms with Crippen LogP contribution >= 0.6 is 0 Å². The molecule has 0 aromatic heterocycles. The molecule has 2 aromatic rings. The first-order chi connectivity index (χ1) is 11.0. The molecule has 6 heteroatoms. The molecule has 1 N–H and O–H groups in total. The molecule has 0 spiro atoms. The Kier molecular flexibility index (Phi) is 5.51. The third-order valence-electron chi connectivity index (χ3n) is 3.34. The first kappa shape index (κ1) is 16.7. The van der Waals surface area contributed by atoms with E-state index in [2.05, 4.69) is 5.32 Å². The molecule has 0 bridgehead atoms. The third-order valence-corrected chi connectivity index (χ3v) is 3.34. The maximum Gasteiger partial charge on any atom is 0.317 e. The lowest BCUT2D eigenvalue weighted by Crippen LogP contribution is -2.36. The molecule has 0 fully saturated rings. The van der Waals surface area contributed by atoms with Crippen molar-refractivity contribution in [1.29, 1.82) is 0 Å². The van der Waals surface area contributed by atoms with Gasteiger partial charge in [0.1, 0.15) is 5.82 Å². The van der Waals surface area contributed by atoms with Gasteiger partial charge in [-0.1, -0.05) is 18.2 Å².